The van der Waals surface area contributed by atoms with Crippen molar-refractivity contribution in [2.75, 3.05) is 6.61 Å². The van der Waals surface area contributed by atoms with Gasteiger partial charge < -0.3 is 4.74 Å². The van der Waals surface area contributed by atoms with E-state index in [0.717, 1.165) is 6.26 Å². The van der Waals surface area contributed by atoms with Crippen LogP contribution in [0, 0.1) is 11.3 Å². The molecular weight excluding hydrogens is 172 g/mol. The van der Waals surface area contributed by atoms with Crippen LogP contribution in [0.3, 0.4) is 0 Å². The Morgan fingerprint density at radius 1 is 1.62 bits per heavy atom. The normalized spacial score (nSPS) is 10.1. The molecule has 2 amide bonds. The van der Waals surface area contributed by atoms with Crippen molar-refractivity contribution in [2.24, 2.45) is 0 Å². The van der Waals surface area contributed by atoms with Crippen LogP contribution < -0.4 is 5.32 Å². The summed E-state index contributed by atoms with van der Waals surface area (Å²) in [6.45, 7) is 3.26. The first-order valence-electron chi connectivity index (χ1n) is 3.65. The Morgan fingerprint density at radius 2 is 2.23 bits per heavy atom. The van der Waals surface area contributed by atoms with E-state index in [0.29, 0.717) is 6.61 Å². The first-order valence-corrected chi connectivity index (χ1v) is 3.65. The number of ether oxygens (including phenoxy) is 1. The monoisotopic (exact) mass is 182 g/mol. The molecule has 5 heteroatoms. The van der Waals surface area contributed by atoms with Crippen molar-refractivity contribution in [2.45, 2.75) is 13.8 Å². The molecule has 70 valence electrons. The Morgan fingerprint density at radius 3 is 2.62 bits per heavy atom. The van der Waals surface area contributed by atoms with Crippen LogP contribution in [0.2, 0.25) is 0 Å². The predicted molar refractivity (Wildman–Crippen MR) is 44.1 cm³/mol. The molecule has 0 fully saturated rings. The van der Waals surface area contributed by atoms with Crippen LogP contribution in [0.5, 0.6) is 0 Å². The average Bonchev–Trinajstić information content (AvgIpc) is 2.04. The van der Waals surface area contributed by atoms with Gasteiger partial charge in [0.25, 0.3) is 5.91 Å². The maximum atomic E-state index is 11.0. The smallest absolute Gasteiger partial charge is 0.271 e. The van der Waals surface area contributed by atoms with Crippen LogP contribution in [-0.4, -0.2) is 18.4 Å². The Kier molecular flexibility index (Phi) is 4.96. The maximum absolute atomic E-state index is 11.0. The molecule has 0 aliphatic rings. The van der Waals surface area contributed by atoms with Crippen LogP contribution in [-0.2, 0) is 14.3 Å². The van der Waals surface area contributed by atoms with Crippen LogP contribution in [0.4, 0.5) is 0 Å². The molecular formula is C8H10N2O3. The van der Waals surface area contributed by atoms with Gasteiger partial charge in [-0.05, 0) is 6.92 Å². The Balaban J connectivity index is 4.34. The van der Waals surface area contributed by atoms with Crippen LogP contribution >= 0.6 is 0 Å². The minimum absolute atomic E-state index is 0.225. The van der Waals surface area contributed by atoms with E-state index in [1.807, 2.05) is 5.32 Å². The third kappa shape index (κ3) is 4.58. The number of rotatable bonds is 3. The second-order valence-corrected chi connectivity index (χ2v) is 2.11. The fourth-order valence-corrected chi connectivity index (χ4v) is 0.525. The molecule has 0 aromatic carbocycles. The van der Waals surface area contributed by atoms with Crippen molar-refractivity contribution in [3.05, 3.63) is 11.8 Å². The summed E-state index contributed by atoms with van der Waals surface area (Å²) in [6, 6.07) is 1.61. The zero-order chi connectivity index (χ0) is 10.3. The van der Waals surface area contributed by atoms with Gasteiger partial charge in [-0.1, -0.05) is 0 Å². The zero-order valence-electron chi connectivity index (χ0n) is 7.46. The number of imide groups is 1. The Labute approximate surface area is 76.0 Å². The summed E-state index contributed by atoms with van der Waals surface area (Å²) >= 11 is 0. The van der Waals surface area contributed by atoms with Crippen molar-refractivity contribution in [1.82, 2.24) is 5.32 Å². The fraction of sp³-hybridized carbons (Fsp3) is 0.375. The van der Waals surface area contributed by atoms with E-state index in [9.17, 15) is 9.59 Å². The van der Waals surface area contributed by atoms with Crippen molar-refractivity contribution in [3.63, 3.8) is 0 Å². The van der Waals surface area contributed by atoms with Crippen molar-refractivity contribution in [3.8, 4) is 6.07 Å². The highest BCUT2D eigenvalue weighted by molar-refractivity contribution is 6.05. The van der Waals surface area contributed by atoms with E-state index in [4.69, 9.17) is 10.00 Å². The first-order chi connectivity index (χ1) is 6.11. The van der Waals surface area contributed by atoms with Gasteiger partial charge in [-0.3, -0.25) is 14.9 Å². The van der Waals surface area contributed by atoms with Gasteiger partial charge >= 0.3 is 0 Å². The van der Waals surface area contributed by atoms with E-state index in [2.05, 4.69) is 0 Å². The minimum atomic E-state index is -0.747. The van der Waals surface area contributed by atoms with Crippen molar-refractivity contribution in [1.29, 1.82) is 5.26 Å². The highest BCUT2D eigenvalue weighted by Crippen LogP contribution is 1.92. The summed E-state index contributed by atoms with van der Waals surface area (Å²) in [6.07, 6.45) is 1.03. The van der Waals surface area contributed by atoms with E-state index < -0.39 is 11.8 Å². The van der Waals surface area contributed by atoms with Gasteiger partial charge in [-0.15, -0.1) is 0 Å². The number of hydrogen-bond donors (Lipinski definition) is 1. The van der Waals surface area contributed by atoms with Crippen LogP contribution in [0.1, 0.15) is 13.8 Å². The molecule has 0 aliphatic carbocycles. The summed E-state index contributed by atoms with van der Waals surface area (Å²) in [4.78, 5) is 21.4. The summed E-state index contributed by atoms with van der Waals surface area (Å²) in [5.41, 5.74) is -0.225. The number of carbonyl (C=O) groups excluding carboxylic acids is 2. The molecule has 0 radical (unpaired) electrons. The molecule has 1 N–H and O–H groups in total. The molecule has 0 rings (SSSR count). The lowest BCUT2D eigenvalue weighted by molar-refractivity contribution is -0.127. The molecule has 0 saturated carbocycles. The summed E-state index contributed by atoms with van der Waals surface area (Å²) in [5, 5.41) is 10.4. The number of amides is 2. The largest absolute Gasteiger partial charge is 0.500 e. The maximum Gasteiger partial charge on any atom is 0.271 e. The highest BCUT2D eigenvalue weighted by Gasteiger charge is 2.09. The van der Waals surface area contributed by atoms with Crippen molar-refractivity contribution >= 4 is 11.8 Å². The molecule has 0 aromatic heterocycles. The molecule has 0 aliphatic heterocycles. The van der Waals surface area contributed by atoms with E-state index in [1.165, 1.54) is 6.92 Å². The molecule has 0 atom stereocenters. The second-order valence-electron chi connectivity index (χ2n) is 2.11. The SMILES string of the molecule is CCO/C=C(\C#N)C(=O)NC(C)=O. The number of hydrogen-bond acceptors (Lipinski definition) is 4. The summed E-state index contributed by atoms with van der Waals surface area (Å²) in [7, 11) is 0. The number of nitrogens with one attached hydrogen (secondary N) is 1. The number of carbonyl (C=O) groups is 2. The first kappa shape index (κ1) is 11.2. The quantitative estimate of drug-likeness (QED) is 0.381. The summed E-state index contributed by atoms with van der Waals surface area (Å²) in [5.74, 6) is -1.26. The highest BCUT2D eigenvalue weighted by atomic mass is 16.5. The standard InChI is InChI=1S/C8H10N2O3/c1-3-13-5-7(4-9)8(12)10-6(2)11/h5H,3H2,1-2H3,(H,10,11,12)/b7-5+. The molecule has 5 nitrogen and oxygen atoms in total. The molecule has 0 bridgehead atoms. The lowest BCUT2D eigenvalue weighted by Crippen LogP contribution is -2.29. The minimum Gasteiger partial charge on any atom is -0.500 e. The van der Waals surface area contributed by atoms with Gasteiger partial charge in [0.05, 0.1) is 6.61 Å². The molecule has 0 aromatic rings. The lowest BCUT2D eigenvalue weighted by Gasteiger charge is -1.98. The number of nitrogens with zero attached hydrogens (tertiary/aromatic N) is 1. The molecule has 13 heavy (non-hydrogen) atoms. The van der Waals surface area contributed by atoms with Gasteiger partial charge in [-0.2, -0.15) is 5.26 Å². The van der Waals surface area contributed by atoms with Gasteiger partial charge in [0.1, 0.15) is 12.3 Å². The van der Waals surface area contributed by atoms with E-state index in [-0.39, 0.29) is 5.57 Å². The fourth-order valence-electron chi connectivity index (χ4n) is 0.525. The van der Waals surface area contributed by atoms with Gasteiger partial charge in [0.15, 0.2) is 5.57 Å². The third-order valence-electron chi connectivity index (χ3n) is 1.02. The Bertz CT molecular complexity index is 276. The van der Waals surface area contributed by atoms with Crippen LogP contribution in [0.25, 0.3) is 0 Å². The van der Waals surface area contributed by atoms with E-state index >= 15 is 0 Å². The molecule has 0 heterocycles. The zero-order valence-corrected chi connectivity index (χ0v) is 7.46. The lowest BCUT2D eigenvalue weighted by atomic mass is 10.3. The molecule has 0 unspecified atom stereocenters. The average molecular weight is 182 g/mol. The summed E-state index contributed by atoms with van der Waals surface area (Å²) < 4.78 is 4.73. The third-order valence-corrected chi connectivity index (χ3v) is 1.02. The van der Waals surface area contributed by atoms with Gasteiger partial charge in [0, 0.05) is 6.92 Å². The predicted octanol–water partition coefficient (Wildman–Crippen LogP) is 0.0931. The van der Waals surface area contributed by atoms with Gasteiger partial charge in [0.2, 0.25) is 5.91 Å². The second kappa shape index (κ2) is 5.77. The number of nitriles is 1. The van der Waals surface area contributed by atoms with Crippen molar-refractivity contribution < 1.29 is 14.3 Å². The topological polar surface area (TPSA) is 79.2 Å². The molecule has 0 saturated heterocycles. The molecule has 0 spiro atoms. The van der Waals surface area contributed by atoms with E-state index in [1.54, 1.807) is 13.0 Å². The van der Waals surface area contributed by atoms with Gasteiger partial charge in [-0.25, -0.2) is 0 Å². The van der Waals surface area contributed by atoms with Crippen LogP contribution in [0.15, 0.2) is 11.8 Å². The Hall–Kier alpha value is -1.83.